The largest absolute Gasteiger partial charge is 0.371 e. The van der Waals surface area contributed by atoms with Gasteiger partial charge in [-0.05, 0) is 58.3 Å². The minimum atomic E-state index is -0.199. The van der Waals surface area contributed by atoms with Crippen molar-refractivity contribution in [2.45, 2.75) is 51.5 Å². The van der Waals surface area contributed by atoms with E-state index in [0.717, 1.165) is 78.9 Å². The highest BCUT2D eigenvalue weighted by molar-refractivity contribution is 6.13. The van der Waals surface area contributed by atoms with E-state index >= 15 is 0 Å². The molecule has 0 bridgehead atoms. The van der Waals surface area contributed by atoms with E-state index in [1.54, 1.807) is 4.68 Å². The number of piperidine rings is 1. The van der Waals surface area contributed by atoms with Crippen LogP contribution in [0.2, 0.25) is 0 Å². The van der Waals surface area contributed by atoms with Crippen molar-refractivity contribution in [3.63, 3.8) is 0 Å². The molecule has 0 unspecified atom stereocenters. The molecule has 36 heavy (non-hydrogen) atoms. The van der Waals surface area contributed by atoms with Gasteiger partial charge >= 0.3 is 0 Å². The Morgan fingerprint density at radius 1 is 1.11 bits per heavy atom. The van der Waals surface area contributed by atoms with E-state index in [4.69, 9.17) is 9.97 Å². The molecule has 0 atom stereocenters. The number of benzene rings is 1. The van der Waals surface area contributed by atoms with E-state index in [-0.39, 0.29) is 5.91 Å². The molecule has 1 aromatic carbocycles. The van der Waals surface area contributed by atoms with E-state index in [9.17, 15) is 4.79 Å². The quantitative estimate of drug-likeness (QED) is 0.444. The van der Waals surface area contributed by atoms with E-state index in [0.29, 0.717) is 23.3 Å². The van der Waals surface area contributed by atoms with Crippen LogP contribution in [0, 0.1) is 6.92 Å². The van der Waals surface area contributed by atoms with Crippen LogP contribution < -0.4 is 10.2 Å². The topological polar surface area (TPSA) is 83.6 Å². The van der Waals surface area contributed by atoms with Gasteiger partial charge in [-0.25, -0.2) is 4.98 Å². The number of anilines is 2. The number of imidazole rings is 1. The standard InChI is InChI=1S/C27H34N8O/c1-5-32(3)19-10-12-34(13-11-19)22-9-8-20(25-21(22)15-33(4)31-25)27(36)30-23-16-35-14-17(2)28-24(18-6-7-18)26(35)29-23/h8-9,14-16,18-19H,5-7,10-13H2,1-4H3,(H,30,36). The third-order valence-corrected chi connectivity index (χ3v) is 7.73. The molecule has 0 spiro atoms. The maximum atomic E-state index is 13.4. The maximum absolute atomic E-state index is 13.4. The molecule has 6 rings (SSSR count). The monoisotopic (exact) mass is 486 g/mol. The van der Waals surface area contributed by atoms with Crippen LogP contribution in [0.5, 0.6) is 0 Å². The van der Waals surface area contributed by atoms with Crippen LogP contribution in [0.1, 0.15) is 60.3 Å². The van der Waals surface area contributed by atoms with Crippen LogP contribution in [0.4, 0.5) is 11.5 Å². The van der Waals surface area contributed by atoms with Gasteiger partial charge in [-0.1, -0.05) is 6.92 Å². The number of carbonyl (C=O) groups excluding carboxylic acids is 1. The van der Waals surface area contributed by atoms with Crippen molar-refractivity contribution in [2.24, 2.45) is 7.05 Å². The van der Waals surface area contributed by atoms with Gasteiger partial charge in [0.2, 0.25) is 0 Å². The van der Waals surface area contributed by atoms with Crippen LogP contribution in [-0.4, -0.2) is 67.7 Å². The molecular formula is C27H34N8O. The lowest BCUT2D eigenvalue weighted by atomic mass is 10.0. The zero-order valence-electron chi connectivity index (χ0n) is 21.5. The van der Waals surface area contributed by atoms with E-state index in [2.05, 4.69) is 40.3 Å². The lowest BCUT2D eigenvalue weighted by Gasteiger charge is -2.37. The average molecular weight is 487 g/mol. The van der Waals surface area contributed by atoms with Crippen LogP contribution in [0.3, 0.4) is 0 Å². The van der Waals surface area contributed by atoms with Crippen LogP contribution in [0.15, 0.2) is 30.7 Å². The summed E-state index contributed by atoms with van der Waals surface area (Å²) in [7, 11) is 4.12. The number of aryl methyl sites for hydroxylation is 2. The van der Waals surface area contributed by atoms with Crippen molar-refractivity contribution in [1.82, 2.24) is 29.0 Å². The van der Waals surface area contributed by atoms with Crippen molar-refractivity contribution in [3.05, 3.63) is 47.7 Å². The number of carbonyl (C=O) groups is 1. The Hall–Kier alpha value is -3.46. The number of fused-ring (bicyclic) bond motifs is 2. The normalized spacial score (nSPS) is 17.0. The molecule has 9 heteroatoms. The first-order valence-electron chi connectivity index (χ1n) is 13.0. The Balaban J connectivity index is 1.27. The fraction of sp³-hybridized carbons (Fsp3) is 0.481. The number of nitrogens with one attached hydrogen (secondary N) is 1. The number of hydrogen-bond donors (Lipinski definition) is 1. The summed E-state index contributed by atoms with van der Waals surface area (Å²) >= 11 is 0. The number of amides is 1. The second-order valence-electron chi connectivity index (χ2n) is 10.3. The fourth-order valence-electron chi connectivity index (χ4n) is 5.50. The van der Waals surface area contributed by atoms with Crippen molar-refractivity contribution >= 4 is 34.0 Å². The Kier molecular flexibility index (Phi) is 5.67. The first-order valence-corrected chi connectivity index (χ1v) is 13.0. The van der Waals surface area contributed by atoms with Gasteiger partial charge in [-0.3, -0.25) is 14.5 Å². The summed E-state index contributed by atoms with van der Waals surface area (Å²) in [4.78, 5) is 27.7. The highest BCUT2D eigenvalue weighted by atomic mass is 16.1. The summed E-state index contributed by atoms with van der Waals surface area (Å²) in [6, 6.07) is 4.61. The Morgan fingerprint density at radius 2 is 1.89 bits per heavy atom. The van der Waals surface area contributed by atoms with Crippen molar-refractivity contribution < 1.29 is 4.79 Å². The molecule has 3 aromatic heterocycles. The molecule has 1 aliphatic carbocycles. The van der Waals surface area contributed by atoms with Crippen LogP contribution in [0.25, 0.3) is 16.6 Å². The summed E-state index contributed by atoms with van der Waals surface area (Å²) in [5.41, 5.74) is 5.24. The minimum Gasteiger partial charge on any atom is -0.371 e. The Bertz CT molecular complexity index is 1440. The fourth-order valence-corrected chi connectivity index (χ4v) is 5.50. The molecule has 1 saturated carbocycles. The second kappa shape index (κ2) is 8.89. The summed E-state index contributed by atoms with van der Waals surface area (Å²) in [5, 5.41) is 8.70. The summed E-state index contributed by atoms with van der Waals surface area (Å²) in [6.45, 7) is 7.29. The van der Waals surface area contributed by atoms with Gasteiger partial charge in [0.05, 0.1) is 23.1 Å². The molecule has 4 heterocycles. The molecule has 0 radical (unpaired) electrons. The lowest BCUT2D eigenvalue weighted by Crippen LogP contribution is -2.43. The number of aromatic nitrogens is 5. The lowest BCUT2D eigenvalue weighted by molar-refractivity contribution is 0.102. The first-order chi connectivity index (χ1) is 17.4. The maximum Gasteiger partial charge on any atom is 0.259 e. The number of rotatable bonds is 6. The highest BCUT2D eigenvalue weighted by Crippen LogP contribution is 2.41. The molecule has 188 valence electrons. The Morgan fingerprint density at radius 3 is 2.61 bits per heavy atom. The predicted molar refractivity (Wildman–Crippen MR) is 142 cm³/mol. The number of hydrogen-bond acceptors (Lipinski definition) is 6. The molecular weight excluding hydrogens is 452 g/mol. The zero-order valence-corrected chi connectivity index (χ0v) is 21.5. The van der Waals surface area contributed by atoms with Gasteiger partial charge in [-0.2, -0.15) is 5.10 Å². The van der Waals surface area contributed by atoms with Crippen molar-refractivity contribution in [1.29, 1.82) is 0 Å². The van der Waals surface area contributed by atoms with E-state index < -0.39 is 0 Å². The van der Waals surface area contributed by atoms with Crippen molar-refractivity contribution in [2.75, 3.05) is 36.9 Å². The molecule has 1 aliphatic heterocycles. The van der Waals surface area contributed by atoms with Gasteiger partial charge < -0.3 is 19.5 Å². The molecule has 1 amide bonds. The third kappa shape index (κ3) is 4.11. The van der Waals surface area contributed by atoms with Crippen LogP contribution in [-0.2, 0) is 7.05 Å². The van der Waals surface area contributed by atoms with Gasteiger partial charge in [0.25, 0.3) is 5.91 Å². The highest BCUT2D eigenvalue weighted by Gasteiger charge is 2.29. The Labute approximate surface area is 211 Å². The molecule has 1 saturated heterocycles. The molecule has 2 aliphatic rings. The summed E-state index contributed by atoms with van der Waals surface area (Å²) < 4.78 is 3.77. The van der Waals surface area contributed by atoms with Gasteiger partial charge in [0.15, 0.2) is 11.5 Å². The third-order valence-electron chi connectivity index (χ3n) is 7.73. The second-order valence-corrected chi connectivity index (χ2v) is 10.3. The molecule has 9 nitrogen and oxygen atoms in total. The first kappa shape index (κ1) is 23.0. The SMILES string of the molecule is CCN(C)C1CCN(c2ccc(C(=O)Nc3cn4cc(C)nc(C5CC5)c4n3)c3nn(C)cc23)CC1. The number of nitrogens with zero attached hydrogens (tertiary/aromatic N) is 7. The predicted octanol–water partition coefficient (Wildman–Crippen LogP) is 3.97. The van der Waals surface area contributed by atoms with E-state index in [1.807, 2.05) is 43.0 Å². The van der Waals surface area contributed by atoms with E-state index in [1.165, 1.54) is 0 Å². The van der Waals surface area contributed by atoms with Gasteiger partial charge in [0, 0.05) is 55.6 Å². The van der Waals surface area contributed by atoms with Gasteiger partial charge in [0.1, 0.15) is 5.52 Å². The summed E-state index contributed by atoms with van der Waals surface area (Å²) in [6.07, 6.45) is 10.4. The van der Waals surface area contributed by atoms with Crippen molar-refractivity contribution in [3.8, 4) is 0 Å². The molecule has 1 N–H and O–H groups in total. The molecule has 2 fully saturated rings. The summed E-state index contributed by atoms with van der Waals surface area (Å²) in [5.74, 6) is 0.811. The smallest absolute Gasteiger partial charge is 0.259 e. The minimum absolute atomic E-state index is 0.199. The average Bonchev–Trinajstić information content (AvgIpc) is 3.52. The molecule has 4 aromatic rings. The zero-order chi connectivity index (χ0) is 25.0. The van der Waals surface area contributed by atoms with Crippen LogP contribution >= 0.6 is 0 Å². The van der Waals surface area contributed by atoms with Gasteiger partial charge in [-0.15, -0.1) is 0 Å².